The Morgan fingerprint density at radius 2 is 2.15 bits per heavy atom. The van der Waals surface area contributed by atoms with Crippen LogP contribution in [0.5, 0.6) is 5.75 Å². The molecule has 1 aromatic carbocycles. The molecule has 0 spiro atoms. The third-order valence-electron chi connectivity index (χ3n) is 2.63. The van der Waals surface area contributed by atoms with Gasteiger partial charge in [-0.05, 0) is 37.6 Å². The number of rotatable bonds is 4. The van der Waals surface area contributed by atoms with E-state index in [4.69, 9.17) is 16.3 Å². The van der Waals surface area contributed by atoms with Gasteiger partial charge in [-0.15, -0.1) is 0 Å². The number of ether oxygens (including phenoxy) is 1. The van der Waals surface area contributed by atoms with E-state index < -0.39 is 4.92 Å². The van der Waals surface area contributed by atoms with Gasteiger partial charge in [-0.3, -0.25) is 10.1 Å². The van der Waals surface area contributed by atoms with Crippen LogP contribution < -0.4 is 4.74 Å². The van der Waals surface area contributed by atoms with Gasteiger partial charge in [-0.1, -0.05) is 12.1 Å². The van der Waals surface area contributed by atoms with Crippen molar-refractivity contribution in [3.8, 4) is 17.0 Å². The number of nitro groups is 1. The monoisotopic (exact) mass is 293 g/mol. The van der Waals surface area contributed by atoms with Crippen LogP contribution in [-0.2, 0) is 0 Å². The third-order valence-corrected chi connectivity index (χ3v) is 2.80. The number of halogens is 1. The van der Waals surface area contributed by atoms with Crippen LogP contribution in [0.3, 0.4) is 0 Å². The molecular formula is C13H12ClN3O3. The van der Waals surface area contributed by atoms with Gasteiger partial charge in [0.2, 0.25) is 5.28 Å². The van der Waals surface area contributed by atoms with Gasteiger partial charge < -0.3 is 4.74 Å². The minimum Gasteiger partial charge on any atom is -0.494 e. The number of hydrogen-bond donors (Lipinski definition) is 0. The first-order valence-electron chi connectivity index (χ1n) is 5.94. The Morgan fingerprint density at radius 3 is 2.80 bits per heavy atom. The average molecular weight is 294 g/mol. The second-order valence-electron chi connectivity index (χ2n) is 3.99. The second-order valence-corrected chi connectivity index (χ2v) is 4.33. The van der Waals surface area contributed by atoms with E-state index in [1.807, 2.05) is 6.92 Å². The topological polar surface area (TPSA) is 78.2 Å². The van der Waals surface area contributed by atoms with Gasteiger partial charge in [0.05, 0.1) is 11.5 Å². The number of hydrogen-bond acceptors (Lipinski definition) is 5. The average Bonchev–Trinajstić information content (AvgIpc) is 2.38. The molecule has 2 aromatic rings. The van der Waals surface area contributed by atoms with Crippen molar-refractivity contribution in [1.29, 1.82) is 0 Å². The lowest BCUT2D eigenvalue weighted by atomic mass is 10.1. The van der Waals surface area contributed by atoms with Crippen LogP contribution in [0.4, 0.5) is 5.69 Å². The molecule has 0 saturated heterocycles. The molecule has 0 atom stereocenters. The van der Waals surface area contributed by atoms with Crippen molar-refractivity contribution in [3.05, 3.63) is 45.4 Å². The molecule has 0 saturated carbocycles. The lowest BCUT2D eigenvalue weighted by molar-refractivity contribution is -0.385. The molecule has 7 heteroatoms. The summed E-state index contributed by atoms with van der Waals surface area (Å²) in [5.41, 5.74) is 0.832. The van der Waals surface area contributed by atoms with E-state index >= 15 is 0 Å². The van der Waals surface area contributed by atoms with E-state index in [0.717, 1.165) is 0 Å². The van der Waals surface area contributed by atoms with Crippen molar-refractivity contribution in [3.63, 3.8) is 0 Å². The molecule has 0 amide bonds. The largest absolute Gasteiger partial charge is 0.494 e. The highest BCUT2D eigenvalue weighted by atomic mass is 35.5. The van der Waals surface area contributed by atoms with Crippen molar-refractivity contribution in [1.82, 2.24) is 9.97 Å². The van der Waals surface area contributed by atoms with Gasteiger partial charge in [0, 0.05) is 5.56 Å². The van der Waals surface area contributed by atoms with Gasteiger partial charge in [-0.25, -0.2) is 9.97 Å². The van der Waals surface area contributed by atoms with E-state index in [1.54, 1.807) is 24.3 Å². The summed E-state index contributed by atoms with van der Waals surface area (Å²) in [6, 6.07) is 6.92. The summed E-state index contributed by atoms with van der Waals surface area (Å²) in [6.45, 7) is 3.90. The van der Waals surface area contributed by atoms with E-state index in [0.29, 0.717) is 17.9 Å². The van der Waals surface area contributed by atoms with Crippen molar-refractivity contribution < 1.29 is 9.66 Å². The smallest absolute Gasteiger partial charge is 0.316 e. The molecule has 1 aromatic heterocycles. The lowest BCUT2D eigenvalue weighted by Crippen LogP contribution is -2.01. The summed E-state index contributed by atoms with van der Waals surface area (Å²) in [4.78, 5) is 18.5. The first kappa shape index (κ1) is 14.2. The summed E-state index contributed by atoms with van der Waals surface area (Å²) >= 11 is 5.80. The predicted molar refractivity (Wildman–Crippen MR) is 75.0 cm³/mol. The fourth-order valence-corrected chi connectivity index (χ4v) is 2.06. The highest BCUT2D eigenvalue weighted by Crippen LogP contribution is 2.32. The molecule has 0 fully saturated rings. The minimum absolute atomic E-state index is 0.0232. The molecule has 0 aliphatic rings. The Balaban J connectivity index is 2.62. The highest BCUT2D eigenvalue weighted by Gasteiger charge is 2.23. The first-order chi connectivity index (χ1) is 9.52. The maximum atomic E-state index is 11.2. The molecule has 0 unspecified atom stereocenters. The van der Waals surface area contributed by atoms with E-state index in [9.17, 15) is 10.1 Å². The molecule has 0 bridgehead atoms. The molecule has 1 heterocycles. The normalized spacial score (nSPS) is 10.3. The van der Waals surface area contributed by atoms with Gasteiger partial charge in [0.1, 0.15) is 11.4 Å². The van der Waals surface area contributed by atoms with Crippen LogP contribution in [0.2, 0.25) is 5.28 Å². The zero-order valence-corrected chi connectivity index (χ0v) is 11.7. The predicted octanol–water partition coefficient (Wildman–Crippen LogP) is 3.41. The molecule has 20 heavy (non-hydrogen) atoms. The van der Waals surface area contributed by atoms with Crippen LogP contribution >= 0.6 is 11.6 Å². The van der Waals surface area contributed by atoms with Gasteiger partial charge >= 0.3 is 5.69 Å². The third kappa shape index (κ3) is 2.85. The van der Waals surface area contributed by atoms with Gasteiger partial charge in [0.15, 0.2) is 5.69 Å². The zero-order chi connectivity index (χ0) is 14.7. The highest BCUT2D eigenvalue weighted by molar-refractivity contribution is 6.28. The van der Waals surface area contributed by atoms with E-state index in [-0.39, 0.29) is 22.4 Å². The summed E-state index contributed by atoms with van der Waals surface area (Å²) in [6.07, 6.45) is 0. The van der Waals surface area contributed by atoms with Crippen LogP contribution in [0.25, 0.3) is 11.3 Å². The Labute approximate surface area is 120 Å². The molecule has 2 rings (SSSR count). The van der Waals surface area contributed by atoms with Crippen molar-refractivity contribution in [2.45, 2.75) is 13.8 Å². The standard InChI is InChI=1S/C13H12ClN3O3/c1-3-20-10-6-4-5-9(7-10)11-12(17(18)19)8(2)15-13(14)16-11/h4-7H,3H2,1-2H3. The Hall–Kier alpha value is -2.21. The van der Waals surface area contributed by atoms with Crippen molar-refractivity contribution >= 4 is 17.3 Å². The van der Waals surface area contributed by atoms with E-state index in [2.05, 4.69) is 9.97 Å². The van der Waals surface area contributed by atoms with Gasteiger partial charge in [-0.2, -0.15) is 0 Å². The zero-order valence-electron chi connectivity index (χ0n) is 11.0. The number of aromatic nitrogens is 2. The minimum atomic E-state index is -0.506. The van der Waals surface area contributed by atoms with Crippen molar-refractivity contribution in [2.24, 2.45) is 0 Å². The Morgan fingerprint density at radius 1 is 1.40 bits per heavy atom. The summed E-state index contributed by atoms with van der Waals surface area (Å²) < 4.78 is 5.38. The second kappa shape index (κ2) is 5.83. The fourth-order valence-electron chi connectivity index (χ4n) is 1.85. The maximum Gasteiger partial charge on any atom is 0.316 e. The summed E-state index contributed by atoms with van der Waals surface area (Å²) in [7, 11) is 0. The van der Waals surface area contributed by atoms with Crippen LogP contribution in [-0.4, -0.2) is 21.5 Å². The molecular weight excluding hydrogens is 282 g/mol. The molecule has 104 valence electrons. The summed E-state index contributed by atoms with van der Waals surface area (Å²) in [5, 5.41) is 11.2. The Bertz CT molecular complexity index is 661. The summed E-state index contributed by atoms with van der Waals surface area (Å²) in [5.74, 6) is 0.617. The van der Waals surface area contributed by atoms with Gasteiger partial charge in [0.25, 0.3) is 0 Å². The van der Waals surface area contributed by atoms with Crippen molar-refractivity contribution in [2.75, 3.05) is 6.61 Å². The molecule has 6 nitrogen and oxygen atoms in total. The molecule has 0 radical (unpaired) electrons. The SMILES string of the molecule is CCOc1cccc(-c2nc(Cl)nc(C)c2[N+](=O)[O-])c1. The quantitative estimate of drug-likeness (QED) is 0.490. The molecule has 0 N–H and O–H groups in total. The number of benzene rings is 1. The van der Waals surface area contributed by atoms with E-state index in [1.165, 1.54) is 6.92 Å². The van der Waals surface area contributed by atoms with Crippen LogP contribution in [0, 0.1) is 17.0 Å². The lowest BCUT2D eigenvalue weighted by Gasteiger charge is -2.07. The maximum absolute atomic E-state index is 11.2. The fraction of sp³-hybridized carbons (Fsp3) is 0.231. The molecule has 0 aliphatic carbocycles. The number of aryl methyl sites for hydroxylation is 1. The van der Waals surface area contributed by atoms with Crippen LogP contribution in [0.15, 0.2) is 24.3 Å². The Kier molecular flexibility index (Phi) is 4.14. The molecule has 0 aliphatic heterocycles. The van der Waals surface area contributed by atoms with Crippen LogP contribution in [0.1, 0.15) is 12.6 Å². The first-order valence-corrected chi connectivity index (χ1v) is 6.32. The number of nitrogens with zero attached hydrogens (tertiary/aromatic N) is 3.